The molecule has 0 unspecified atom stereocenters. The second-order valence-electron chi connectivity index (χ2n) is 7.15. The number of thiazole rings is 1. The van der Waals surface area contributed by atoms with Crippen molar-refractivity contribution in [1.82, 2.24) is 4.98 Å². The second kappa shape index (κ2) is 8.31. The number of ether oxygens (including phenoxy) is 2. The number of aromatic nitrogens is 1. The van der Waals surface area contributed by atoms with Gasteiger partial charge in [0.25, 0.3) is 11.8 Å². The molecule has 0 spiro atoms. The zero-order valence-electron chi connectivity index (χ0n) is 17.2. The highest BCUT2D eigenvalue weighted by molar-refractivity contribution is 7.18. The molecular formula is C24H15ClN2O5S. The minimum Gasteiger partial charge on any atom is -0.496 e. The Kier molecular flexibility index (Phi) is 5.32. The van der Waals surface area contributed by atoms with Crippen molar-refractivity contribution < 1.29 is 23.9 Å². The Morgan fingerprint density at radius 3 is 2.36 bits per heavy atom. The number of amides is 2. The monoisotopic (exact) mass is 478 g/mol. The number of anilines is 1. The molecule has 33 heavy (non-hydrogen) atoms. The van der Waals surface area contributed by atoms with E-state index in [4.69, 9.17) is 21.1 Å². The Labute approximate surface area is 197 Å². The SMILES string of the molecule is COc1cc(N2C(=O)c3ccccc3C2=O)c(Cl)cc1C(=O)OCc1nc2ccccc2s1. The predicted octanol–water partition coefficient (Wildman–Crippen LogP) is 5.12. The summed E-state index contributed by atoms with van der Waals surface area (Å²) in [5.41, 5.74) is 1.61. The number of methoxy groups -OCH3 is 1. The van der Waals surface area contributed by atoms with Crippen LogP contribution < -0.4 is 9.64 Å². The number of benzene rings is 3. The summed E-state index contributed by atoms with van der Waals surface area (Å²) in [4.78, 5) is 43.8. The van der Waals surface area contributed by atoms with Gasteiger partial charge in [-0.25, -0.2) is 14.7 Å². The largest absolute Gasteiger partial charge is 0.496 e. The predicted molar refractivity (Wildman–Crippen MR) is 124 cm³/mol. The van der Waals surface area contributed by atoms with Gasteiger partial charge in [0.1, 0.15) is 22.9 Å². The fourth-order valence-electron chi connectivity index (χ4n) is 3.64. The first-order chi connectivity index (χ1) is 16.0. The maximum Gasteiger partial charge on any atom is 0.342 e. The zero-order valence-corrected chi connectivity index (χ0v) is 18.8. The Balaban J connectivity index is 1.41. The summed E-state index contributed by atoms with van der Waals surface area (Å²) >= 11 is 7.84. The van der Waals surface area contributed by atoms with Crippen molar-refractivity contribution in [3.05, 3.63) is 87.4 Å². The third kappa shape index (κ3) is 3.63. The van der Waals surface area contributed by atoms with Gasteiger partial charge in [0.2, 0.25) is 0 Å². The number of hydrogen-bond donors (Lipinski definition) is 0. The molecule has 0 radical (unpaired) electrons. The number of fused-ring (bicyclic) bond motifs is 2. The normalized spacial score (nSPS) is 12.8. The number of rotatable bonds is 5. The van der Waals surface area contributed by atoms with Crippen molar-refractivity contribution >= 4 is 56.6 Å². The lowest BCUT2D eigenvalue weighted by molar-refractivity contribution is 0.0469. The van der Waals surface area contributed by atoms with Crippen molar-refractivity contribution in [2.75, 3.05) is 12.0 Å². The highest BCUT2D eigenvalue weighted by Gasteiger charge is 2.38. The Hall–Kier alpha value is -3.75. The molecule has 1 aliphatic rings. The van der Waals surface area contributed by atoms with Gasteiger partial charge in [-0.15, -0.1) is 11.3 Å². The van der Waals surface area contributed by atoms with Crippen molar-refractivity contribution in [3.63, 3.8) is 0 Å². The van der Waals surface area contributed by atoms with Crippen molar-refractivity contribution in [3.8, 4) is 5.75 Å². The van der Waals surface area contributed by atoms with E-state index in [-0.39, 0.29) is 39.8 Å². The van der Waals surface area contributed by atoms with E-state index in [2.05, 4.69) is 4.98 Å². The minimum atomic E-state index is -0.665. The summed E-state index contributed by atoms with van der Waals surface area (Å²) in [6, 6.07) is 16.9. The van der Waals surface area contributed by atoms with E-state index in [1.54, 1.807) is 24.3 Å². The molecule has 0 N–H and O–H groups in total. The van der Waals surface area contributed by atoms with Crippen molar-refractivity contribution in [1.29, 1.82) is 0 Å². The molecule has 2 heterocycles. The van der Waals surface area contributed by atoms with Crippen LogP contribution in [0.2, 0.25) is 5.02 Å². The summed E-state index contributed by atoms with van der Waals surface area (Å²) in [7, 11) is 1.37. The van der Waals surface area contributed by atoms with Crippen molar-refractivity contribution in [2.24, 2.45) is 0 Å². The van der Waals surface area contributed by atoms with Crippen molar-refractivity contribution in [2.45, 2.75) is 6.61 Å². The van der Waals surface area contributed by atoms with Gasteiger partial charge in [-0.05, 0) is 30.3 Å². The van der Waals surface area contributed by atoms with Crippen LogP contribution in [-0.4, -0.2) is 29.9 Å². The second-order valence-corrected chi connectivity index (χ2v) is 8.67. The Bertz CT molecular complexity index is 1380. The Morgan fingerprint density at radius 1 is 1.03 bits per heavy atom. The van der Waals surface area contributed by atoms with Gasteiger partial charge in [-0.3, -0.25) is 9.59 Å². The number of halogens is 1. The molecule has 0 atom stereocenters. The topological polar surface area (TPSA) is 85.8 Å². The van der Waals surface area contributed by atoms with Crippen LogP contribution >= 0.6 is 22.9 Å². The Morgan fingerprint density at radius 2 is 1.70 bits per heavy atom. The fourth-order valence-corrected chi connectivity index (χ4v) is 4.77. The molecule has 1 aliphatic heterocycles. The van der Waals surface area contributed by atoms with Gasteiger partial charge in [-0.2, -0.15) is 0 Å². The summed E-state index contributed by atoms with van der Waals surface area (Å²) < 4.78 is 11.8. The molecule has 0 fully saturated rings. The third-order valence-electron chi connectivity index (χ3n) is 5.19. The third-order valence-corrected chi connectivity index (χ3v) is 6.50. The van der Waals surface area contributed by atoms with Crippen LogP contribution in [0.25, 0.3) is 10.2 Å². The number of carbonyl (C=O) groups is 3. The van der Waals surface area contributed by atoms with Gasteiger partial charge in [0.05, 0.1) is 39.2 Å². The fraction of sp³-hybridized carbons (Fsp3) is 0.0833. The molecule has 7 nitrogen and oxygen atoms in total. The zero-order chi connectivity index (χ0) is 23.1. The molecule has 0 aliphatic carbocycles. The summed E-state index contributed by atoms with van der Waals surface area (Å²) in [6.07, 6.45) is 0. The minimum absolute atomic E-state index is 0.0148. The number of carbonyl (C=O) groups excluding carboxylic acids is 3. The van der Waals surface area contributed by atoms with Crippen LogP contribution in [-0.2, 0) is 11.3 Å². The van der Waals surface area contributed by atoms with E-state index in [0.29, 0.717) is 5.01 Å². The first-order valence-electron chi connectivity index (χ1n) is 9.85. The molecule has 164 valence electrons. The average Bonchev–Trinajstić information content (AvgIpc) is 3.36. The van der Waals surface area contributed by atoms with Gasteiger partial charge in [-0.1, -0.05) is 35.9 Å². The lowest BCUT2D eigenvalue weighted by Gasteiger charge is -2.18. The number of para-hydroxylation sites is 1. The quantitative estimate of drug-likeness (QED) is 0.292. The molecule has 9 heteroatoms. The standard InChI is InChI=1S/C24H15ClN2O5S/c1-31-19-11-18(27-22(28)13-6-2-3-7-14(13)23(27)29)16(25)10-15(19)24(30)32-12-21-26-17-8-4-5-9-20(17)33-21/h2-11H,12H2,1H3. The van der Waals surface area contributed by atoms with E-state index < -0.39 is 17.8 Å². The molecule has 4 aromatic rings. The van der Waals surface area contributed by atoms with E-state index in [9.17, 15) is 14.4 Å². The molecule has 3 aromatic carbocycles. The van der Waals surface area contributed by atoms with Crippen LogP contribution in [0.15, 0.2) is 60.7 Å². The van der Waals surface area contributed by atoms with Gasteiger partial charge >= 0.3 is 5.97 Å². The average molecular weight is 479 g/mol. The lowest BCUT2D eigenvalue weighted by atomic mass is 10.1. The molecule has 0 bridgehead atoms. The molecule has 0 saturated heterocycles. The number of hydrogen-bond acceptors (Lipinski definition) is 7. The lowest BCUT2D eigenvalue weighted by Crippen LogP contribution is -2.29. The van der Waals surface area contributed by atoms with Crippen LogP contribution in [0.4, 0.5) is 5.69 Å². The molecular weight excluding hydrogens is 464 g/mol. The maximum atomic E-state index is 12.8. The van der Waals surface area contributed by atoms with Gasteiger partial charge in [0, 0.05) is 6.07 Å². The smallest absolute Gasteiger partial charge is 0.342 e. The van der Waals surface area contributed by atoms with Crippen LogP contribution in [0.3, 0.4) is 0 Å². The van der Waals surface area contributed by atoms with Gasteiger partial charge < -0.3 is 9.47 Å². The van der Waals surface area contributed by atoms with Crippen LogP contribution in [0.5, 0.6) is 5.75 Å². The number of imide groups is 1. The molecule has 1 aromatic heterocycles. The van der Waals surface area contributed by atoms with E-state index in [0.717, 1.165) is 15.1 Å². The van der Waals surface area contributed by atoms with E-state index in [1.165, 1.54) is 30.6 Å². The van der Waals surface area contributed by atoms with Crippen LogP contribution in [0, 0.1) is 0 Å². The highest BCUT2D eigenvalue weighted by Crippen LogP contribution is 2.38. The van der Waals surface area contributed by atoms with Gasteiger partial charge in [0.15, 0.2) is 0 Å². The molecule has 0 saturated carbocycles. The van der Waals surface area contributed by atoms with E-state index >= 15 is 0 Å². The summed E-state index contributed by atoms with van der Waals surface area (Å²) in [6.45, 7) is -0.0148. The molecule has 2 amide bonds. The van der Waals surface area contributed by atoms with Crippen LogP contribution in [0.1, 0.15) is 36.1 Å². The highest BCUT2D eigenvalue weighted by atomic mass is 35.5. The first-order valence-corrected chi connectivity index (χ1v) is 11.0. The van der Waals surface area contributed by atoms with E-state index in [1.807, 2.05) is 24.3 Å². The summed E-state index contributed by atoms with van der Waals surface area (Å²) in [5, 5.41) is 0.689. The maximum absolute atomic E-state index is 12.8. The first kappa shape index (κ1) is 21.1. The summed E-state index contributed by atoms with van der Waals surface area (Å²) in [5.74, 6) is -1.53. The number of nitrogens with zero attached hydrogens (tertiary/aromatic N) is 2. The number of esters is 1. The molecule has 5 rings (SSSR count).